The summed E-state index contributed by atoms with van der Waals surface area (Å²) >= 11 is 0. The van der Waals surface area contributed by atoms with E-state index in [9.17, 15) is 4.79 Å². The number of carbonyl (C=O) groups is 1. The van der Waals surface area contributed by atoms with Crippen LogP contribution in [-0.2, 0) is 19.0 Å². The van der Waals surface area contributed by atoms with E-state index in [1.165, 1.54) is 7.11 Å². The second kappa shape index (κ2) is 3.64. The zero-order valence-corrected chi connectivity index (χ0v) is 8.49. The molecule has 1 fully saturated rings. The fourth-order valence-electron chi connectivity index (χ4n) is 1.58. The third kappa shape index (κ3) is 2.19. The Balaban J connectivity index is 2.69. The summed E-state index contributed by atoms with van der Waals surface area (Å²) in [4.78, 5) is 11.2. The fraction of sp³-hybridized carbons (Fsp3) is 0.889. The van der Waals surface area contributed by atoms with Gasteiger partial charge in [-0.3, -0.25) is 0 Å². The Hall–Kier alpha value is -0.610. The molecule has 0 N–H and O–H groups in total. The van der Waals surface area contributed by atoms with Crippen LogP contribution in [0.3, 0.4) is 0 Å². The lowest BCUT2D eigenvalue weighted by atomic mass is 10.0. The maximum atomic E-state index is 11.2. The standard InChI is InChI=1S/C9H16O4/c1-9(2)5-6(11-3)7(13-9)8(10)12-4/h6-7H,5H2,1-4H3/t6-,7-/m0/s1. The van der Waals surface area contributed by atoms with Crippen molar-refractivity contribution < 1.29 is 19.0 Å². The minimum absolute atomic E-state index is 0.192. The van der Waals surface area contributed by atoms with Gasteiger partial charge < -0.3 is 14.2 Å². The summed E-state index contributed by atoms with van der Waals surface area (Å²) in [5.74, 6) is -0.363. The van der Waals surface area contributed by atoms with E-state index in [4.69, 9.17) is 9.47 Å². The summed E-state index contributed by atoms with van der Waals surface area (Å²) in [7, 11) is 2.93. The first-order chi connectivity index (χ1) is 6.00. The third-order valence-electron chi connectivity index (χ3n) is 2.21. The number of carbonyl (C=O) groups excluding carboxylic acids is 1. The summed E-state index contributed by atoms with van der Waals surface area (Å²) in [5, 5.41) is 0. The van der Waals surface area contributed by atoms with E-state index >= 15 is 0 Å². The van der Waals surface area contributed by atoms with E-state index in [0.29, 0.717) is 6.42 Å². The van der Waals surface area contributed by atoms with E-state index < -0.39 is 6.10 Å². The van der Waals surface area contributed by atoms with Gasteiger partial charge in [0.25, 0.3) is 0 Å². The summed E-state index contributed by atoms with van der Waals surface area (Å²) < 4.78 is 15.3. The Morgan fingerprint density at radius 1 is 1.46 bits per heavy atom. The van der Waals surface area contributed by atoms with E-state index in [2.05, 4.69) is 4.74 Å². The molecule has 0 bridgehead atoms. The van der Waals surface area contributed by atoms with Gasteiger partial charge in [-0.05, 0) is 13.8 Å². The summed E-state index contributed by atoms with van der Waals surface area (Å²) in [6, 6.07) is 0. The molecule has 0 saturated carbocycles. The van der Waals surface area contributed by atoms with Gasteiger partial charge in [0.2, 0.25) is 0 Å². The Bertz CT molecular complexity index is 200. The molecular weight excluding hydrogens is 172 g/mol. The molecule has 13 heavy (non-hydrogen) atoms. The summed E-state index contributed by atoms with van der Waals surface area (Å²) in [6.07, 6.45) is -0.0593. The molecule has 0 amide bonds. The molecule has 1 aliphatic heterocycles. The molecule has 4 nitrogen and oxygen atoms in total. The van der Waals surface area contributed by atoms with Crippen LogP contribution in [0.2, 0.25) is 0 Å². The number of hydrogen-bond donors (Lipinski definition) is 0. The number of rotatable bonds is 2. The highest BCUT2D eigenvalue weighted by atomic mass is 16.6. The summed E-state index contributed by atoms with van der Waals surface area (Å²) in [6.45, 7) is 3.86. The lowest BCUT2D eigenvalue weighted by Crippen LogP contribution is -2.33. The summed E-state index contributed by atoms with van der Waals surface area (Å²) in [5.41, 5.74) is -0.306. The van der Waals surface area contributed by atoms with Crippen LogP contribution in [0.15, 0.2) is 0 Å². The molecule has 4 heteroatoms. The number of hydrogen-bond acceptors (Lipinski definition) is 4. The zero-order chi connectivity index (χ0) is 10.1. The second-order valence-electron chi connectivity index (χ2n) is 3.80. The molecule has 0 spiro atoms. The monoisotopic (exact) mass is 188 g/mol. The third-order valence-corrected chi connectivity index (χ3v) is 2.21. The van der Waals surface area contributed by atoms with Gasteiger partial charge in [-0.25, -0.2) is 4.79 Å². The Labute approximate surface area is 78.2 Å². The Morgan fingerprint density at radius 2 is 2.08 bits per heavy atom. The van der Waals surface area contributed by atoms with Crippen LogP contribution >= 0.6 is 0 Å². The second-order valence-corrected chi connectivity index (χ2v) is 3.80. The van der Waals surface area contributed by atoms with E-state index in [0.717, 1.165) is 0 Å². The van der Waals surface area contributed by atoms with Crippen molar-refractivity contribution in [1.29, 1.82) is 0 Å². The number of esters is 1. The SMILES string of the molecule is COC(=O)[C@H]1OC(C)(C)C[C@@H]1OC. The van der Waals surface area contributed by atoms with Gasteiger partial charge >= 0.3 is 5.97 Å². The lowest BCUT2D eigenvalue weighted by Gasteiger charge is -2.17. The molecule has 0 radical (unpaired) electrons. The van der Waals surface area contributed by atoms with Crippen molar-refractivity contribution in [3.05, 3.63) is 0 Å². The van der Waals surface area contributed by atoms with E-state index in [1.54, 1.807) is 7.11 Å². The first-order valence-electron chi connectivity index (χ1n) is 4.28. The van der Waals surface area contributed by atoms with Crippen LogP contribution in [0.4, 0.5) is 0 Å². The zero-order valence-electron chi connectivity index (χ0n) is 8.49. The molecule has 0 unspecified atom stereocenters. The van der Waals surface area contributed by atoms with Crippen molar-refractivity contribution >= 4 is 5.97 Å². The van der Waals surface area contributed by atoms with Gasteiger partial charge in [0.1, 0.15) is 0 Å². The normalized spacial score (nSPS) is 31.7. The van der Waals surface area contributed by atoms with Gasteiger partial charge in [-0.1, -0.05) is 0 Å². The van der Waals surface area contributed by atoms with Crippen molar-refractivity contribution in [2.75, 3.05) is 14.2 Å². The highest BCUT2D eigenvalue weighted by Gasteiger charge is 2.45. The van der Waals surface area contributed by atoms with Crippen molar-refractivity contribution in [3.63, 3.8) is 0 Å². The van der Waals surface area contributed by atoms with Gasteiger partial charge in [0, 0.05) is 13.5 Å². The molecule has 0 aromatic carbocycles. The molecule has 0 aliphatic carbocycles. The smallest absolute Gasteiger partial charge is 0.337 e. The van der Waals surface area contributed by atoms with Crippen LogP contribution < -0.4 is 0 Å². The van der Waals surface area contributed by atoms with Gasteiger partial charge in [0.05, 0.1) is 18.8 Å². The molecule has 76 valence electrons. The topological polar surface area (TPSA) is 44.8 Å². The maximum Gasteiger partial charge on any atom is 0.337 e. The van der Waals surface area contributed by atoms with Crippen LogP contribution in [-0.4, -0.2) is 38.0 Å². The minimum atomic E-state index is -0.579. The predicted molar refractivity (Wildman–Crippen MR) is 46.4 cm³/mol. The molecule has 2 atom stereocenters. The molecule has 0 aromatic rings. The average Bonchev–Trinajstić information content (AvgIpc) is 2.39. The lowest BCUT2D eigenvalue weighted by molar-refractivity contribution is -0.161. The van der Waals surface area contributed by atoms with Crippen LogP contribution in [0.25, 0.3) is 0 Å². The van der Waals surface area contributed by atoms with Crippen LogP contribution in [0.5, 0.6) is 0 Å². The molecular formula is C9H16O4. The van der Waals surface area contributed by atoms with Crippen molar-refractivity contribution in [2.24, 2.45) is 0 Å². The minimum Gasteiger partial charge on any atom is -0.467 e. The largest absolute Gasteiger partial charge is 0.467 e. The van der Waals surface area contributed by atoms with Gasteiger partial charge in [-0.15, -0.1) is 0 Å². The van der Waals surface area contributed by atoms with E-state index in [1.807, 2.05) is 13.8 Å². The molecule has 1 rings (SSSR count). The van der Waals surface area contributed by atoms with E-state index in [-0.39, 0.29) is 17.7 Å². The number of ether oxygens (including phenoxy) is 3. The maximum absolute atomic E-state index is 11.2. The Morgan fingerprint density at radius 3 is 2.54 bits per heavy atom. The molecule has 1 saturated heterocycles. The van der Waals surface area contributed by atoms with Crippen molar-refractivity contribution in [1.82, 2.24) is 0 Å². The highest BCUT2D eigenvalue weighted by Crippen LogP contribution is 2.31. The predicted octanol–water partition coefficient (Wildman–Crippen LogP) is 0.742. The first kappa shape index (κ1) is 10.5. The molecule has 1 heterocycles. The van der Waals surface area contributed by atoms with Crippen molar-refractivity contribution in [3.8, 4) is 0 Å². The fourth-order valence-corrected chi connectivity index (χ4v) is 1.58. The number of methoxy groups -OCH3 is 2. The van der Waals surface area contributed by atoms with Gasteiger partial charge in [-0.2, -0.15) is 0 Å². The van der Waals surface area contributed by atoms with Crippen LogP contribution in [0.1, 0.15) is 20.3 Å². The highest BCUT2D eigenvalue weighted by molar-refractivity contribution is 5.75. The van der Waals surface area contributed by atoms with Gasteiger partial charge in [0.15, 0.2) is 6.10 Å². The Kier molecular flexibility index (Phi) is 2.93. The molecule has 0 aromatic heterocycles. The van der Waals surface area contributed by atoms with Crippen molar-refractivity contribution in [2.45, 2.75) is 38.1 Å². The average molecular weight is 188 g/mol. The first-order valence-corrected chi connectivity index (χ1v) is 4.28. The quantitative estimate of drug-likeness (QED) is 0.600. The molecule has 1 aliphatic rings. The van der Waals surface area contributed by atoms with Crippen LogP contribution in [0, 0.1) is 0 Å².